The van der Waals surface area contributed by atoms with Gasteiger partial charge in [0.2, 0.25) is 0 Å². The molecular formula is C7H9Cl. The third kappa shape index (κ3) is 0.255. The number of halogens is 1. The average Bonchev–Trinajstić information content (AvgIpc) is 2.23. The lowest BCUT2D eigenvalue weighted by atomic mass is 10.1. The smallest absolute Gasteiger partial charge is 0.0398 e. The van der Waals surface area contributed by atoms with E-state index >= 15 is 0 Å². The average molecular weight is 129 g/mol. The zero-order chi connectivity index (χ0) is 5.30. The molecule has 0 nitrogen and oxygen atoms in total. The lowest BCUT2D eigenvalue weighted by Crippen LogP contribution is -2.01. The number of rotatable bonds is 0. The molecule has 1 heteroatoms. The third-order valence-corrected chi connectivity index (χ3v) is 4.01. The van der Waals surface area contributed by atoms with Gasteiger partial charge in [0.1, 0.15) is 0 Å². The van der Waals surface area contributed by atoms with E-state index in [2.05, 4.69) is 0 Å². The van der Waals surface area contributed by atoms with E-state index in [-0.39, 0.29) is 0 Å². The highest BCUT2D eigenvalue weighted by Gasteiger charge is 2.67. The molecule has 2 unspecified atom stereocenters. The molecule has 4 rings (SSSR count). The Kier molecular flexibility index (Phi) is 0.502. The summed E-state index contributed by atoms with van der Waals surface area (Å²) in [5, 5.41) is 0.602. The van der Waals surface area contributed by atoms with Crippen LogP contribution in [0.2, 0.25) is 0 Å². The molecule has 0 radical (unpaired) electrons. The Hall–Kier alpha value is 0.290. The first-order valence-electron chi connectivity index (χ1n) is 3.52. The Balaban J connectivity index is 2.10. The first-order chi connectivity index (χ1) is 3.88. The fraction of sp³-hybridized carbons (Fsp3) is 1.00. The van der Waals surface area contributed by atoms with Gasteiger partial charge in [-0.25, -0.2) is 0 Å². The second kappa shape index (κ2) is 0.965. The summed E-state index contributed by atoms with van der Waals surface area (Å²) in [5.74, 6) is 4.13. The van der Waals surface area contributed by atoms with Crippen LogP contribution in [0, 0.1) is 23.7 Å². The van der Waals surface area contributed by atoms with Crippen LogP contribution < -0.4 is 0 Å². The van der Waals surface area contributed by atoms with E-state index < -0.39 is 0 Å². The van der Waals surface area contributed by atoms with Crippen molar-refractivity contribution in [3.8, 4) is 0 Å². The molecule has 44 valence electrons. The van der Waals surface area contributed by atoms with Crippen LogP contribution in [0.5, 0.6) is 0 Å². The van der Waals surface area contributed by atoms with Crippen molar-refractivity contribution in [3.63, 3.8) is 0 Å². The molecule has 4 fully saturated rings. The Morgan fingerprint density at radius 1 is 1.12 bits per heavy atom. The Labute approximate surface area is 54.2 Å². The van der Waals surface area contributed by atoms with Gasteiger partial charge in [0.05, 0.1) is 0 Å². The molecule has 4 aliphatic rings. The first kappa shape index (κ1) is 4.16. The van der Waals surface area contributed by atoms with Crippen molar-refractivity contribution in [1.29, 1.82) is 0 Å². The van der Waals surface area contributed by atoms with E-state index in [1.807, 2.05) is 0 Å². The van der Waals surface area contributed by atoms with E-state index in [0.29, 0.717) is 5.38 Å². The number of hydrogen-bond acceptors (Lipinski definition) is 0. The quantitative estimate of drug-likeness (QED) is 0.437. The molecule has 0 spiro atoms. The fourth-order valence-electron chi connectivity index (χ4n) is 2.98. The van der Waals surface area contributed by atoms with Gasteiger partial charge in [-0.3, -0.25) is 0 Å². The molecule has 0 saturated heterocycles. The molecule has 0 aromatic heterocycles. The van der Waals surface area contributed by atoms with Gasteiger partial charge in [-0.15, -0.1) is 11.6 Å². The van der Waals surface area contributed by atoms with Crippen molar-refractivity contribution < 1.29 is 0 Å². The van der Waals surface area contributed by atoms with E-state index in [4.69, 9.17) is 11.6 Å². The van der Waals surface area contributed by atoms with Crippen molar-refractivity contribution in [1.82, 2.24) is 0 Å². The Bertz CT molecular complexity index is 129. The van der Waals surface area contributed by atoms with E-state index in [1.54, 1.807) is 0 Å². The molecule has 0 N–H and O–H groups in total. The van der Waals surface area contributed by atoms with Gasteiger partial charge in [0, 0.05) is 5.38 Å². The highest BCUT2D eigenvalue weighted by atomic mass is 35.5. The summed E-state index contributed by atoms with van der Waals surface area (Å²) in [6.07, 6.45) is 2.95. The number of hydrogen-bond donors (Lipinski definition) is 0. The van der Waals surface area contributed by atoms with E-state index in [1.165, 1.54) is 12.8 Å². The molecule has 0 aromatic carbocycles. The maximum Gasteiger partial charge on any atom is 0.0398 e. The lowest BCUT2D eigenvalue weighted by molar-refractivity contribution is 0.610. The highest BCUT2D eigenvalue weighted by molar-refractivity contribution is 6.21. The largest absolute Gasteiger partial charge is 0.122 e. The van der Waals surface area contributed by atoms with Crippen LogP contribution in [0.25, 0.3) is 0 Å². The summed E-state index contributed by atoms with van der Waals surface area (Å²) >= 11 is 6.10. The fourth-order valence-corrected chi connectivity index (χ4v) is 3.56. The molecule has 4 aliphatic carbocycles. The molecule has 0 amide bonds. The minimum atomic E-state index is 0.602. The SMILES string of the molecule is Cl[C@@H]1C2C[C@@H]3C1[C@@H]3C2. The summed E-state index contributed by atoms with van der Waals surface area (Å²) in [4.78, 5) is 0. The molecule has 0 aliphatic heterocycles. The van der Waals surface area contributed by atoms with Crippen molar-refractivity contribution in [2.24, 2.45) is 23.7 Å². The van der Waals surface area contributed by atoms with Crippen LogP contribution in [0.1, 0.15) is 12.8 Å². The summed E-state index contributed by atoms with van der Waals surface area (Å²) in [6.45, 7) is 0. The van der Waals surface area contributed by atoms with Crippen LogP contribution >= 0.6 is 11.6 Å². The standard InChI is InChI=1S/C7H9Cl/c8-7-3-1-4-5(2-3)6(4)7/h3-7H,1-2H2/t3?,4-,5+,6?,7-/m1/s1. The third-order valence-electron chi connectivity index (χ3n) is 3.37. The predicted octanol–water partition coefficient (Wildman–Crippen LogP) is 1.88. The summed E-state index contributed by atoms with van der Waals surface area (Å²) < 4.78 is 0. The maximum atomic E-state index is 6.10. The zero-order valence-corrected chi connectivity index (χ0v) is 5.43. The second-order valence-corrected chi connectivity index (χ2v) is 4.08. The molecular weight excluding hydrogens is 120 g/mol. The molecule has 4 saturated carbocycles. The van der Waals surface area contributed by atoms with Gasteiger partial charge in [-0.05, 0) is 36.5 Å². The van der Waals surface area contributed by atoms with Gasteiger partial charge in [-0.2, -0.15) is 0 Å². The monoisotopic (exact) mass is 128 g/mol. The lowest BCUT2D eigenvalue weighted by Gasteiger charge is -2.01. The van der Waals surface area contributed by atoms with Crippen molar-refractivity contribution >= 4 is 11.6 Å². The molecule has 8 heavy (non-hydrogen) atoms. The molecule has 4 bridgehead atoms. The molecule has 5 atom stereocenters. The van der Waals surface area contributed by atoms with Crippen LogP contribution in [0.15, 0.2) is 0 Å². The maximum absolute atomic E-state index is 6.10. The van der Waals surface area contributed by atoms with Crippen molar-refractivity contribution in [2.45, 2.75) is 18.2 Å². The minimum absolute atomic E-state index is 0.602. The number of alkyl halides is 1. The van der Waals surface area contributed by atoms with E-state index in [9.17, 15) is 0 Å². The Morgan fingerprint density at radius 3 is 1.88 bits per heavy atom. The molecule has 0 aromatic rings. The highest BCUT2D eigenvalue weighted by Crippen LogP contribution is 2.71. The van der Waals surface area contributed by atoms with Gasteiger partial charge >= 0.3 is 0 Å². The zero-order valence-electron chi connectivity index (χ0n) is 4.68. The van der Waals surface area contributed by atoms with Crippen LogP contribution in [0.3, 0.4) is 0 Å². The van der Waals surface area contributed by atoms with E-state index in [0.717, 1.165) is 23.7 Å². The minimum Gasteiger partial charge on any atom is -0.122 e. The van der Waals surface area contributed by atoms with Crippen molar-refractivity contribution in [2.75, 3.05) is 0 Å². The summed E-state index contributed by atoms with van der Waals surface area (Å²) in [6, 6.07) is 0. The Morgan fingerprint density at radius 2 is 1.75 bits per heavy atom. The van der Waals surface area contributed by atoms with Crippen LogP contribution in [0.4, 0.5) is 0 Å². The predicted molar refractivity (Wildman–Crippen MR) is 32.8 cm³/mol. The van der Waals surface area contributed by atoms with Crippen molar-refractivity contribution in [3.05, 3.63) is 0 Å². The summed E-state index contributed by atoms with van der Waals surface area (Å²) in [7, 11) is 0. The normalized spacial score (nSPS) is 73.9. The first-order valence-corrected chi connectivity index (χ1v) is 3.95. The van der Waals surface area contributed by atoms with Crippen LogP contribution in [-0.4, -0.2) is 5.38 Å². The molecule has 0 heterocycles. The summed E-state index contributed by atoms with van der Waals surface area (Å²) in [5.41, 5.74) is 0. The topological polar surface area (TPSA) is 0 Å². The van der Waals surface area contributed by atoms with Gasteiger partial charge in [0.25, 0.3) is 0 Å². The van der Waals surface area contributed by atoms with Gasteiger partial charge < -0.3 is 0 Å². The van der Waals surface area contributed by atoms with Gasteiger partial charge in [0.15, 0.2) is 0 Å². The van der Waals surface area contributed by atoms with Crippen LogP contribution in [-0.2, 0) is 0 Å². The van der Waals surface area contributed by atoms with Gasteiger partial charge in [-0.1, -0.05) is 0 Å². The second-order valence-electron chi connectivity index (χ2n) is 3.58.